The Bertz CT molecular complexity index is 911. The second-order valence-corrected chi connectivity index (χ2v) is 8.88. The zero-order valence-corrected chi connectivity index (χ0v) is 18.5. The molecule has 0 atom stereocenters. The maximum Gasteiger partial charge on any atom is 0.253 e. The molecule has 0 N–H and O–H groups in total. The van der Waals surface area contributed by atoms with E-state index in [2.05, 4.69) is 78.5 Å². The highest BCUT2D eigenvalue weighted by molar-refractivity contribution is 5.94. The molecular formula is C26H33N3O. The first kappa shape index (κ1) is 20.8. The summed E-state index contributed by atoms with van der Waals surface area (Å²) in [6.07, 6.45) is 7.44. The second-order valence-electron chi connectivity index (χ2n) is 8.88. The van der Waals surface area contributed by atoms with Crippen molar-refractivity contribution in [2.45, 2.75) is 24.8 Å². The molecule has 0 bridgehead atoms. The zero-order chi connectivity index (χ0) is 21.1. The number of rotatable bonds is 6. The van der Waals surface area contributed by atoms with E-state index in [9.17, 15) is 4.79 Å². The number of carbonyl (C=O) groups excluding carboxylic acids is 1. The first-order valence-electron chi connectivity index (χ1n) is 11.0. The normalized spacial score (nSPS) is 17.9. The lowest BCUT2D eigenvalue weighted by molar-refractivity contribution is 0.0486. The molecule has 1 aliphatic carbocycles. The lowest BCUT2D eigenvalue weighted by Crippen LogP contribution is -2.51. The van der Waals surface area contributed by atoms with Crippen molar-refractivity contribution in [2.75, 3.05) is 47.3 Å². The molecule has 0 aromatic heterocycles. The summed E-state index contributed by atoms with van der Waals surface area (Å²) in [4.78, 5) is 19.6. The Kier molecular flexibility index (Phi) is 6.07. The average molecular weight is 404 g/mol. The minimum atomic E-state index is 0.109. The third-order valence-corrected chi connectivity index (χ3v) is 6.97. The summed E-state index contributed by atoms with van der Waals surface area (Å²) in [6, 6.07) is 17.0. The van der Waals surface area contributed by atoms with E-state index in [1.54, 1.807) is 0 Å². The van der Waals surface area contributed by atoms with Gasteiger partial charge in [-0.15, -0.1) is 0 Å². The summed E-state index contributed by atoms with van der Waals surface area (Å²) >= 11 is 0. The quantitative estimate of drug-likeness (QED) is 0.732. The van der Waals surface area contributed by atoms with Crippen LogP contribution < -0.4 is 0 Å². The molecule has 1 fully saturated rings. The Morgan fingerprint density at radius 3 is 2.47 bits per heavy atom. The van der Waals surface area contributed by atoms with Crippen LogP contribution in [0.25, 0.3) is 6.08 Å². The van der Waals surface area contributed by atoms with E-state index in [0.717, 1.165) is 51.0 Å². The largest absolute Gasteiger partial charge is 0.340 e. The number of hydrogen-bond donors (Lipinski definition) is 0. The van der Waals surface area contributed by atoms with Crippen LogP contribution in [-0.4, -0.2) is 67.9 Å². The predicted molar refractivity (Wildman–Crippen MR) is 124 cm³/mol. The van der Waals surface area contributed by atoms with Crippen LogP contribution in [0.15, 0.2) is 54.6 Å². The average Bonchev–Trinajstić information content (AvgIpc) is 3.25. The number of benzene rings is 2. The predicted octanol–water partition coefficient (Wildman–Crippen LogP) is 3.88. The highest BCUT2D eigenvalue weighted by Crippen LogP contribution is 2.37. The van der Waals surface area contributed by atoms with Crippen molar-refractivity contribution in [3.63, 3.8) is 0 Å². The molecule has 158 valence electrons. The van der Waals surface area contributed by atoms with Gasteiger partial charge in [0.25, 0.3) is 5.91 Å². The Hall–Kier alpha value is -2.43. The van der Waals surface area contributed by atoms with Gasteiger partial charge in [0.1, 0.15) is 0 Å². The van der Waals surface area contributed by atoms with Gasteiger partial charge in [-0.2, -0.15) is 0 Å². The van der Waals surface area contributed by atoms with Gasteiger partial charge in [0, 0.05) is 44.3 Å². The third kappa shape index (κ3) is 4.07. The van der Waals surface area contributed by atoms with Crippen molar-refractivity contribution in [1.29, 1.82) is 0 Å². The molecule has 2 aliphatic rings. The van der Waals surface area contributed by atoms with Crippen molar-refractivity contribution in [3.8, 4) is 0 Å². The van der Waals surface area contributed by atoms with Gasteiger partial charge in [-0.05, 0) is 62.2 Å². The fourth-order valence-corrected chi connectivity index (χ4v) is 4.89. The maximum atomic E-state index is 12.9. The van der Waals surface area contributed by atoms with Crippen molar-refractivity contribution >= 4 is 12.0 Å². The summed E-state index contributed by atoms with van der Waals surface area (Å²) < 4.78 is 0. The van der Waals surface area contributed by atoms with Crippen LogP contribution in [0.4, 0.5) is 0 Å². The zero-order valence-electron chi connectivity index (χ0n) is 18.5. The van der Waals surface area contributed by atoms with Crippen LogP contribution >= 0.6 is 0 Å². The topological polar surface area (TPSA) is 26.8 Å². The van der Waals surface area contributed by atoms with Crippen LogP contribution in [0.5, 0.6) is 0 Å². The molecule has 0 saturated carbocycles. The van der Waals surface area contributed by atoms with Crippen LogP contribution in [-0.2, 0) is 12.0 Å². The van der Waals surface area contributed by atoms with Gasteiger partial charge in [-0.1, -0.05) is 48.6 Å². The molecule has 1 aliphatic heterocycles. The van der Waals surface area contributed by atoms with Crippen molar-refractivity contribution in [2.24, 2.45) is 0 Å². The molecule has 2 aromatic carbocycles. The number of nitrogens with zero attached hydrogens (tertiary/aromatic N) is 3. The van der Waals surface area contributed by atoms with E-state index in [0.29, 0.717) is 0 Å². The second kappa shape index (κ2) is 8.75. The molecule has 1 saturated heterocycles. The van der Waals surface area contributed by atoms with Gasteiger partial charge in [-0.25, -0.2) is 0 Å². The van der Waals surface area contributed by atoms with E-state index in [1.807, 2.05) is 18.0 Å². The van der Waals surface area contributed by atoms with Gasteiger partial charge in [0.15, 0.2) is 0 Å². The molecule has 4 heteroatoms. The lowest BCUT2D eigenvalue weighted by Gasteiger charge is -2.47. The number of likely N-dealkylation sites (N-methyl/N-ethyl adjacent to an activating group) is 1. The third-order valence-electron chi connectivity index (χ3n) is 6.97. The number of fused-ring (bicyclic) bond motifs is 1. The number of hydrogen-bond acceptors (Lipinski definition) is 3. The van der Waals surface area contributed by atoms with Gasteiger partial charge in [0.2, 0.25) is 0 Å². The monoisotopic (exact) mass is 403 g/mol. The Morgan fingerprint density at radius 2 is 1.77 bits per heavy atom. The molecule has 30 heavy (non-hydrogen) atoms. The molecule has 1 amide bonds. The van der Waals surface area contributed by atoms with E-state index >= 15 is 0 Å². The molecule has 2 aromatic rings. The highest BCUT2D eigenvalue weighted by atomic mass is 16.2. The maximum absolute atomic E-state index is 12.9. The Labute approximate surface area is 180 Å². The summed E-state index contributed by atoms with van der Waals surface area (Å²) in [7, 11) is 6.31. The van der Waals surface area contributed by atoms with Crippen LogP contribution in [0, 0.1) is 0 Å². The SMILES string of the molecule is CN(CCN1CCC(c2ccccc2)(N(C)C)CC1)C(=O)c1ccc2c(c1)CC=C2. The molecular weight excluding hydrogens is 370 g/mol. The van der Waals surface area contributed by atoms with Crippen LogP contribution in [0.3, 0.4) is 0 Å². The van der Waals surface area contributed by atoms with Gasteiger partial charge < -0.3 is 9.80 Å². The summed E-state index contributed by atoms with van der Waals surface area (Å²) in [5.41, 5.74) is 4.82. The fourth-order valence-electron chi connectivity index (χ4n) is 4.89. The van der Waals surface area contributed by atoms with Crippen molar-refractivity contribution in [1.82, 2.24) is 14.7 Å². The summed E-state index contributed by atoms with van der Waals surface area (Å²) in [6.45, 7) is 3.79. The van der Waals surface area contributed by atoms with Crippen molar-refractivity contribution < 1.29 is 4.79 Å². The van der Waals surface area contributed by atoms with Gasteiger partial charge >= 0.3 is 0 Å². The minimum absolute atomic E-state index is 0.109. The van der Waals surface area contributed by atoms with Crippen LogP contribution in [0.1, 0.15) is 39.9 Å². The van der Waals surface area contributed by atoms with E-state index in [-0.39, 0.29) is 11.4 Å². The molecule has 0 spiro atoms. The Morgan fingerprint density at radius 1 is 1.03 bits per heavy atom. The minimum Gasteiger partial charge on any atom is -0.340 e. The van der Waals surface area contributed by atoms with Gasteiger partial charge in [-0.3, -0.25) is 9.69 Å². The number of carbonyl (C=O) groups is 1. The van der Waals surface area contributed by atoms with Crippen molar-refractivity contribution in [3.05, 3.63) is 76.9 Å². The first-order valence-corrected chi connectivity index (χ1v) is 11.0. The molecule has 4 nitrogen and oxygen atoms in total. The number of likely N-dealkylation sites (tertiary alicyclic amines) is 1. The van der Waals surface area contributed by atoms with Gasteiger partial charge in [0.05, 0.1) is 0 Å². The van der Waals surface area contributed by atoms with E-state index < -0.39 is 0 Å². The lowest BCUT2D eigenvalue weighted by atomic mass is 9.80. The first-order chi connectivity index (χ1) is 14.5. The summed E-state index contributed by atoms with van der Waals surface area (Å²) in [5.74, 6) is 0.119. The standard InChI is InChI=1S/C26H33N3O/c1-27(2)26(24-10-5-4-6-11-24)14-16-29(17-15-26)19-18-28(3)25(30)23-13-12-21-8-7-9-22(21)20-23/h4-8,10-13,20H,9,14-19H2,1-3H3. The van der Waals surface area contributed by atoms with E-state index in [4.69, 9.17) is 0 Å². The van der Waals surface area contributed by atoms with E-state index in [1.165, 1.54) is 16.7 Å². The number of allylic oxidation sites excluding steroid dienone is 1. The fraction of sp³-hybridized carbons (Fsp3) is 0.423. The molecule has 0 radical (unpaired) electrons. The van der Waals surface area contributed by atoms with Crippen LogP contribution in [0.2, 0.25) is 0 Å². The molecule has 1 heterocycles. The summed E-state index contributed by atoms with van der Waals surface area (Å²) in [5, 5.41) is 0. The number of amides is 1. The highest BCUT2D eigenvalue weighted by Gasteiger charge is 2.37. The smallest absolute Gasteiger partial charge is 0.253 e. The Balaban J connectivity index is 1.32. The molecule has 4 rings (SSSR count). The molecule has 0 unspecified atom stereocenters. The number of piperidine rings is 1.